The molecule has 1 aromatic carbocycles. The largest absolute Gasteiger partial charge is 0.481 e. The van der Waals surface area contributed by atoms with Gasteiger partial charge in [0.25, 0.3) is 0 Å². The van der Waals surface area contributed by atoms with E-state index in [2.05, 4.69) is 61.8 Å². The lowest BCUT2D eigenvalue weighted by molar-refractivity contribution is 0.398. The molecule has 0 saturated heterocycles. The Morgan fingerprint density at radius 3 is 2.79 bits per heavy atom. The van der Waals surface area contributed by atoms with Gasteiger partial charge in [-0.05, 0) is 36.6 Å². The lowest BCUT2D eigenvalue weighted by atomic mass is 10.2. The number of imidazole rings is 1. The van der Waals surface area contributed by atoms with Crippen LogP contribution in [0.2, 0.25) is 0 Å². The zero-order valence-corrected chi connectivity index (χ0v) is 15.4. The van der Waals surface area contributed by atoms with Crippen LogP contribution in [0.4, 0.5) is 0 Å². The lowest BCUT2D eigenvalue weighted by Crippen LogP contribution is -2.03. The van der Waals surface area contributed by atoms with Crippen LogP contribution in [-0.4, -0.2) is 36.6 Å². The van der Waals surface area contributed by atoms with Gasteiger partial charge in [0.1, 0.15) is 12.0 Å². The SMILES string of the molecule is COc1ccc(C#Cc2ncn3c2Cc2cnnn2-c2cc(C)ccc2-3)cn1. The van der Waals surface area contributed by atoms with Gasteiger partial charge in [0.05, 0.1) is 36.1 Å². The van der Waals surface area contributed by atoms with Crippen LogP contribution >= 0.6 is 0 Å². The van der Waals surface area contributed by atoms with Gasteiger partial charge in [-0.25, -0.2) is 14.6 Å². The molecule has 7 nitrogen and oxygen atoms in total. The molecule has 1 aliphatic heterocycles. The molecule has 136 valence electrons. The number of fused-ring (bicyclic) bond motifs is 5. The predicted octanol–water partition coefficient (Wildman–Crippen LogP) is 2.47. The number of aryl methyl sites for hydroxylation is 1. The van der Waals surface area contributed by atoms with E-state index >= 15 is 0 Å². The van der Waals surface area contributed by atoms with Gasteiger partial charge in [0, 0.05) is 24.2 Å². The smallest absolute Gasteiger partial charge is 0.212 e. The number of hydrogen-bond acceptors (Lipinski definition) is 5. The van der Waals surface area contributed by atoms with Gasteiger partial charge in [-0.1, -0.05) is 17.2 Å². The van der Waals surface area contributed by atoms with Gasteiger partial charge in [0.2, 0.25) is 5.88 Å². The highest BCUT2D eigenvalue weighted by Gasteiger charge is 2.22. The molecule has 0 fully saturated rings. The molecule has 5 rings (SSSR count). The second kappa shape index (κ2) is 6.35. The summed E-state index contributed by atoms with van der Waals surface area (Å²) in [7, 11) is 1.59. The van der Waals surface area contributed by atoms with Crippen molar-refractivity contribution in [3.63, 3.8) is 0 Å². The van der Waals surface area contributed by atoms with Crippen molar-refractivity contribution in [1.82, 2.24) is 29.5 Å². The molecule has 4 heterocycles. The highest BCUT2D eigenvalue weighted by atomic mass is 16.5. The Kier molecular flexibility index (Phi) is 3.69. The quantitative estimate of drug-likeness (QED) is 0.425. The number of rotatable bonds is 1. The Morgan fingerprint density at radius 2 is 1.96 bits per heavy atom. The normalized spacial score (nSPS) is 11.5. The second-order valence-electron chi connectivity index (χ2n) is 6.56. The third-order valence-corrected chi connectivity index (χ3v) is 4.72. The van der Waals surface area contributed by atoms with E-state index in [1.165, 1.54) is 0 Å². The van der Waals surface area contributed by atoms with Crippen molar-refractivity contribution in [3.05, 3.63) is 77.3 Å². The van der Waals surface area contributed by atoms with E-state index in [1.807, 2.05) is 17.1 Å². The summed E-state index contributed by atoms with van der Waals surface area (Å²) in [4.78, 5) is 8.75. The van der Waals surface area contributed by atoms with E-state index in [1.54, 1.807) is 25.6 Å². The van der Waals surface area contributed by atoms with Crippen molar-refractivity contribution in [2.45, 2.75) is 13.3 Å². The molecule has 0 spiro atoms. The maximum atomic E-state index is 5.09. The van der Waals surface area contributed by atoms with Crippen LogP contribution < -0.4 is 4.74 Å². The second-order valence-corrected chi connectivity index (χ2v) is 6.56. The number of ether oxygens (including phenoxy) is 1. The summed E-state index contributed by atoms with van der Waals surface area (Å²) >= 11 is 0. The first kappa shape index (κ1) is 16.3. The number of aromatic nitrogens is 6. The van der Waals surface area contributed by atoms with E-state index in [0.717, 1.165) is 39.6 Å². The van der Waals surface area contributed by atoms with E-state index in [0.29, 0.717) is 12.3 Å². The summed E-state index contributed by atoms with van der Waals surface area (Å²) in [5, 5.41) is 8.38. The Bertz CT molecular complexity index is 1240. The van der Waals surface area contributed by atoms with Crippen molar-refractivity contribution in [2.75, 3.05) is 7.11 Å². The molecule has 0 aliphatic carbocycles. The van der Waals surface area contributed by atoms with Gasteiger partial charge in [0.15, 0.2) is 0 Å². The van der Waals surface area contributed by atoms with Crippen LogP contribution in [0.3, 0.4) is 0 Å². The summed E-state index contributed by atoms with van der Waals surface area (Å²) in [5.41, 5.74) is 6.71. The molecular weight excluding hydrogens is 352 g/mol. The van der Waals surface area contributed by atoms with Gasteiger partial charge >= 0.3 is 0 Å². The highest BCUT2D eigenvalue weighted by molar-refractivity contribution is 5.58. The Hall–Kier alpha value is -3.92. The minimum absolute atomic E-state index is 0.564. The average molecular weight is 368 g/mol. The molecule has 4 aromatic rings. The van der Waals surface area contributed by atoms with E-state index < -0.39 is 0 Å². The zero-order valence-electron chi connectivity index (χ0n) is 15.4. The van der Waals surface area contributed by atoms with E-state index in [4.69, 9.17) is 4.74 Å². The average Bonchev–Trinajstić information content (AvgIpc) is 3.32. The number of benzene rings is 1. The summed E-state index contributed by atoms with van der Waals surface area (Å²) in [6, 6.07) is 9.94. The monoisotopic (exact) mass is 368 g/mol. The third-order valence-electron chi connectivity index (χ3n) is 4.72. The molecule has 0 unspecified atom stereocenters. The van der Waals surface area contributed by atoms with Crippen LogP contribution in [0.5, 0.6) is 5.88 Å². The Morgan fingerprint density at radius 1 is 1.04 bits per heavy atom. The van der Waals surface area contributed by atoms with Crippen LogP contribution in [0.1, 0.15) is 28.2 Å². The molecule has 0 radical (unpaired) electrons. The fourth-order valence-corrected chi connectivity index (χ4v) is 3.32. The van der Waals surface area contributed by atoms with E-state index in [9.17, 15) is 0 Å². The molecule has 7 heteroatoms. The van der Waals surface area contributed by atoms with Crippen LogP contribution in [-0.2, 0) is 6.42 Å². The standard InChI is InChI=1S/C21H16N6O/c1-14-3-7-18-20(9-14)27-16(12-24-25-27)10-19-17(23-13-26(18)19)6-4-15-5-8-21(28-2)22-11-15/h3,5,7-9,11-13H,10H2,1-2H3. The maximum Gasteiger partial charge on any atom is 0.212 e. The summed E-state index contributed by atoms with van der Waals surface area (Å²) < 4.78 is 9.06. The van der Waals surface area contributed by atoms with Gasteiger partial charge < -0.3 is 4.74 Å². The minimum atomic E-state index is 0.564. The van der Waals surface area contributed by atoms with Crippen LogP contribution in [0.25, 0.3) is 11.4 Å². The van der Waals surface area contributed by atoms with Gasteiger partial charge in [-0.15, -0.1) is 5.10 Å². The first-order chi connectivity index (χ1) is 13.7. The number of pyridine rings is 1. The van der Waals surface area contributed by atoms with Crippen LogP contribution in [0.15, 0.2) is 49.1 Å². The fourth-order valence-electron chi connectivity index (χ4n) is 3.32. The maximum absolute atomic E-state index is 5.09. The molecular formula is C21H16N6O. The van der Waals surface area contributed by atoms with Gasteiger partial charge in [-0.3, -0.25) is 4.57 Å². The summed E-state index contributed by atoms with van der Waals surface area (Å²) in [6.07, 6.45) is 5.95. The Balaban J connectivity index is 1.62. The Labute approximate surface area is 161 Å². The van der Waals surface area contributed by atoms with Crippen molar-refractivity contribution >= 4 is 0 Å². The molecule has 1 aliphatic rings. The topological polar surface area (TPSA) is 70.7 Å². The zero-order chi connectivity index (χ0) is 19.1. The summed E-state index contributed by atoms with van der Waals surface area (Å²) in [6.45, 7) is 2.07. The highest BCUT2D eigenvalue weighted by Crippen LogP contribution is 2.29. The lowest BCUT2D eigenvalue weighted by Gasteiger charge is -2.10. The van der Waals surface area contributed by atoms with Crippen molar-refractivity contribution in [3.8, 4) is 29.1 Å². The molecule has 3 aromatic heterocycles. The van der Waals surface area contributed by atoms with E-state index in [-0.39, 0.29) is 0 Å². The van der Waals surface area contributed by atoms with Crippen molar-refractivity contribution in [2.24, 2.45) is 0 Å². The van der Waals surface area contributed by atoms with Crippen LogP contribution in [0, 0.1) is 18.8 Å². The molecule has 0 N–H and O–H groups in total. The molecule has 0 amide bonds. The molecule has 28 heavy (non-hydrogen) atoms. The summed E-state index contributed by atoms with van der Waals surface area (Å²) in [5.74, 6) is 6.89. The predicted molar refractivity (Wildman–Crippen MR) is 103 cm³/mol. The van der Waals surface area contributed by atoms with Gasteiger partial charge in [-0.2, -0.15) is 0 Å². The van der Waals surface area contributed by atoms with Crippen molar-refractivity contribution in [1.29, 1.82) is 0 Å². The molecule has 0 atom stereocenters. The molecule has 0 bridgehead atoms. The third kappa shape index (κ3) is 2.63. The molecule has 0 saturated carbocycles. The number of methoxy groups -OCH3 is 1. The first-order valence-corrected chi connectivity index (χ1v) is 8.82. The minimum Gasteiger partial charge on any atom is -0.481 e. The first-order valence-electron chi connectivity index (χ1n) is 8.82. The number of nitrogens with zero attached hydrogens (tertiary/aromatic N) is 6. The number of hydrogen-bond donors (Lipinski definition) is 0. The fraction of sp³-hybridized carbons (Fsp3) is 0.143. The van der Waals surface area contributed by atoms with Crippen molar-refractivity contribution < 1.29 is 4.74 Å².